The van der Waals surface area contributed by atoms with E-state index in [2.05, 4.69) is 38.8 Å². The molecule has 2 aromatic heterocycles. The number of amides is 1. The Hall–Kier alpha value is -3.17. The molecule has 4 aliphatic rings. The van der Waals surface area contributed by atoms with E-state index in [0.717, 1.165) is 118 Å². The van der Waals surface area contributed by atoms with Crippen LogP contribution in [0.1, 0.15) is 48.6 Å². The summed E-state index contributed by atoms with van der Waals surface area (Å²) < 4.78 is 11.9. The van der Waals surface area contributed by atoms with Gasteiger partial charge in [-0.05, 0) is 63.9 Å². The predicted octanol–water partition coefficient (Wildman–Crippen LogP) is 3.61. The van der Waals surface area contributed by atoms with Crippen LogP contribution < -0.4 is 15.0 Å². The molecule has 6 heterocycles. The van der Waals surface area contributed by atoms with Crippen LogP contribution in [-0.2, 0) is 16.1 Å². The van der Waals surface area contributed by atoms with Gasteiger partial charge in [0.15, 0.2) is 5.75 Å². The summed E-state index contributed by atoms with van der Waals surface area (Å²) >= 11 is 0. The summed E-state index contributed by atoms with van der Waals surface area (Å²) in [6.07, 6.45) is 7.58. The summed E-state index contributed by atoms with van der Waals surface area (Å²) in [6, 6.07) is 4.82. The first-order valence-corrected chi connectivity index (χ1v) is 14.0. The van der Waals surface area contributed by atoms with E-state index in [4.69, 9.17) is 14.5 Å². The lowest BCUT2D eigenvalue weighted by molar-refractivity contribution is -0.127. The Morgan fingerprint density at radius 3 is 2.61 bits per heavy atom. The summed E-state index contributed by atoms with van der Waals surface area (Å²) in [5, 5.41) is 3.60. The van der Waals surface area contributed by atoms with Gasteiger partial charge in [-0.1, -0.05) is 6.58 Å². The molecular weight excluding hydrogens is 480 g/mol. The highest BCUT2D eigenvalue weighted by Crippen LogP contribution is 2.40. The molecule has 0 radical (unpaired) electrons. The average Bonchev–Trinajstić information content (AvgIpc) is 3.17. The molecule has 0 saturated carbocycles. The quantitative estimate of drug-likeness (QED) is 0.615. The Bertz CT molecular complexity index is 1180. The largest absolute Gasteiger partial charge is 0.485 e. The van der Waals surface area contributed by atoms with E-state index >= 15 is 0 Å². The Morgan fingerprint density at radius 2 is 1.87 bits per heavy atom. The number of aryl methyl sites for hydroxylation is 1. The number of carbonyl (C=O) groups is 1. The molecule has 0 unspecified atom stereocenters. The van der Waals surface area contributed by atoms with Gasteiger partial charge in [-0.25, -0.2) is 4.98 Å². The fourth-order valence-corrected chi connectivity index (χ4v) is 6.41. The molecule has 0 bridgehead atoms. The maximum Gasteiger partial charge on any atom is 0.245 e. The van der Waals surface area contributed by atoms with E-state index in [-0.39, 0.29) is 5.91 Å². The van der Waals surface area contributed by atoms with E-state index < -0.39 is 0 Å². The monoisotopic (exact) mass is 518 g/mol. The second-order valence-corrected chi connectivity index (χ2v) is 10.8. The van der Waals surface area contributed by atoms with Gasteiger partial charge in [0.05, 0.1) is 30.2 Å². The van der Waals surface area contributed by atoms with E-state index in [1.54, 1.807) is 0 Å². The molecule has 9 nitrogen and oxygen atoms in total. The molecule has 0 aromatic carbocycles. The smallest absolute Gasteiger partial charge is 0.245 e. The SMILES string of the molecule is C=CC(=O)N1CCC(N2CCC(c3cc4c(c(C)n3)OCc3c(N5CCOCC5)ccnc3N4)CC2)CC1. The number of nitrogens with zero attached hydrogens (tertiary/aromatic N) is 5. The number of carbonyl (C=O) groups excluding carboxylic acids is 1. The zero-order valence-corrected chi connectivity index (χ0v) is 22.3. The fraction of sp³-hybridized carbons (Fsp3) is 0.552. The predicted molar refractivity (Wildman–Crippen MR) is 147 cm³/mol. The van der Waals surface area contributed by atoms with E-state index in [1.165, 1.54) is 6.08 Å². The summed E-state index contributed by atoms with van der Waals surface area (Å²) in [7, 11) is 0. The van der Waals surface area contributed by atoms with Crippen LogP contribution in [0.3, 0.4) is 0 Å². The third-order valence-corrected chi connectivity index (χ3v) is 8.57. The molecule has 4 aliphatic heterocycles. The van der Waals surface area contributed by atoms with Gasteiger partial charge in [0, 0.05) is 55.7 Å². The number of ether oxygens (including phenoxy) is 2. The minimum Gasteiger partial charge on any atom is -0.485 e. The van der Waals surface area contributed by atoms with Crippen LogP contribution in [0, 0.1) is 6.92 Å². The van der Waals surface area contributed by atoms with Gasteiger partial charge in [-0.3, -0.25) is 9.78 Å². The molecule has 3 saturated heterocycles. The van der Waals surface area contributed by atoms with Crippen molar-refractivity contribution in [2.24, 2.45) is 0 Å². The number of anilines is 3. The molecule has 2 aromatic rings. The number of piperidine rings is 2. The van der Waals surface area contributed by atoms with Crippen LogP contribution in [0.15, 0.2) is 31.0 Å². The molecule has 9 heteroatoms. The maximum atomic E-state index is 11.9. The number of fused-ring (bicyclic) bond motifs is 2. The number of pyridine rings is 2. The zero-order valence-electron chi connectivity index (χ0n) is 22.3. The number of rotatable bonds is 4. The average molecular weight is 519 g/mol. The van der Waals surface area contributed by atoms with Gasteiger partial charge in [0.1, 0.15) is 12.4 Å². The highest BCUT2D eigenvalue weighted by atomic mass is 16.5. The second-order valence-electron chi connectivity index (χ2n) is 10.8. The topological polar surface area (TPSA) is 83.1 Å². The lowest BCUT2D eigenvalue weighted by atomic mass is 9.90. The Balaban J connectivity index is 1.14. The summed E-state index contributed by atoms with van der Waals surface area (Å²) in [4.78, 5) is 28.5. The van der Waals surface area contributed by atoms with Crippen molar-refractivity contribution in [3.8, 4) is 5.75 Å². The Kier molecular flexibility index (Phi) is 7.21. The Morgan fingerprint density at radius 1 is 1.11 bits per heavy atom. The van der Waals surface area contributed by atoms with Crippen LogP contribution in [-0.4, -0.2) is 84.2 Å². The summed E-state index contributed by atoms with van der Waals surface area (Å²) in [6.45, 7) is 13.2. The van der Waals surface area contributed by atoms with Crippen molar-refractivity contribution in [1.29, 1.82) is 0 Å². The molecule has 202 valence electrons. The molecule has 1 amide bonds. The van der Waals surface area contributed by atoms with Crippen LogP contribution in [0.5, 0.6) is 5.75 Å². The minimum absolute atomic E-state index is 0.0551. The van der Waals surface area contributed by atoms with Gasteiger partial charge in [0.25, 0.3) is 0 Å². The first-order valence-electron chi connectivity index (χ1n) is 14.0. The first kappa shape index (κ1) is 25.1. The third-order valence-electron chi connectivity index (χ3n) is 8.57. The van der Waals surface area contributed by atoms with Gasteiger partial charge < -0.3 is 29.5 Å². The normalized spacial score (nSPS) is 21.1. The third kappa shape index (κ3) is 4.97. The van der Waals surface area contributed by atoms with Crippen LogP contribution in [0.4, 0.5) is 17.2 Å². The fourth-order valence-electron chi connectivity index (χ4n) is 6.41. The highest BCUT2D eigenvalue weighted by molar-refractivity contribution is 5.87. The van der Waals surface area contributed by atoms with E-state index in [0.29, 0.717) is 18.6 Å². The first-order chi connectivity index (χ1) is 18.6. The number of nitrogens with one attached hydrogen (secondary N) is 1. The van der Waals surface area contributed by atoms with Crippen molar-refractivity contribution in [3.05, 3.63) is 47.9 Å². The second kappa shape index (κ2) is 10.9. The standard InChI is InChI=1S/C29H38N6O3/c1-3-27(36)35-12-7-22(8-13-35)33-10-5-21(6-11-33)24-18-25-28(20(2)31-24)38-19-23-26(4-9-30-29(23)32-25)34-14-16-37-17-15-34/h3-4,9,18,21-22H,1,5-8,10-17,19H2,2H3,(H,30,32). The molecular formula is C29H38N6O3. The summed E-state index contributed by atoms with van der Waals surface area (Å²) in [5.41, 5.74) is 5.26. The van der Waals surface area contributed by atoms with Crippen molar-refractivity contribution in [1.82, 2.24) is 19.8 Å². The lowest BCUT2D eigenvalue weighted by Gasteiger charge is -2.41. The van der Waals surface area contributed by atoms with Crippen molar-refractivity contribution >= 4 is 23.1 Å². The molecule has 1 N–H and O–H groups in total. The highest BCUT2D eigenvalue weighted by Gasteiger charge is 2.31. The van der Waals surface area contributed by atoms with Crippen molar-refractivity contribution in [2.45, 2.75) is 51.2 Å². The maximum absolute atomic E-state index is 11.9. The van der Waals surface area contributed by atoms with Gasteiger partial charge >= 0.3 is 0 Å². The molecule has 0 spiro atoms. The minimum atomic E-state index is 0.0551. The summed E-state index contributed by atoms with van der Waals surface area (Å²) in [5.74, 6) is 2.16. The van der Waals surface area contributed by atoms with Crippen LogP contribution in [0.2, 0.25) is 0 Å². The number of morpholine rings is 1. The molecule has 0 atom stereocenters. The Labute approximate surface area is 224 Å². The molecule has 6 rings (SSSR count). The number of hydrogen-bond acceptors (Lipinski definition) is 8. The molecule has 0 aliphatic carbocycles. The van der Waals surface area contributed by atoms with E-state index in [1.807, 2.05) is 18.0 Å². The number of hydrogen-bond donors (Lipinski definition) is 1. The number of likely N-dealkylation sites (tertiary alicyclic amines) is 2. The van der Waals surface area contributed by atoms with Crippen LogP contribution >= 0.6 is 0 Å². The number of aromatic nitrogens is 2. The van der Waals surface area contributed by atoms with Gasteiger partial charge in [0.2, 0.25) is 5.91 Å². The van der Waals surface area contributed by atoms with Gasteiger partial charge in [-0.15, -0.1) is 0 Å². The lowest BCUT2D eigenvalue weighted by Crippen LogP contribution is -2.48. The van der Waals surface area contributed by atoms with Crippen molar-refractivity contribution < 1.29 is 14.3 Å². The molecule has 3 fully saturated rings. The zero-order chi connectivity index (χ0) is 26.1. The van der Waals surface area contributed by atoms with Crippen molar-refractivity contribution in [2.75, 3.05) is 62.7 Å². The van der Waals surface area contributed by atoms with Gasteiger partial charge in [-0.2, -0.15) is 0 Å². The van der Waals surface area contributed by atoms with E-state index in [9.17, 15) is 4.79 Å². The van der Waals surface area contributed by atoms with Crippen LogP contribution in [0.25, 0.3) is 0 Å². The van der Waals surface area contributed by atoms with Crippen molar-refractivity contribution in [3.63, 3.8) is 0 Å². The molecule has 38 heavy (non-hydrogen) atoms.